The molecular formula is C8H15ClN2O6. The van der Waals surface area contributed by atoms with Gasteiger partial charge in [0.2, 0.25) is 0 Å². The van der Waals surface area contributed by atoms with Crippen LogP contribution in [0.25, 0.3) is 0 Å². The molecule has 0 spiro atoms. The number of carbonyl (C=O) groups is 1. The lowest BCUT2D eigenvalue weighted by Gasteiger charge is -2.15. The molecule has 17 heavy (non-hydrogen) atoms. The summed E-state index contributed by atoms with van der Waals surface area (Å²) in [5.74, 6) is 0. The van der Waals surface area contributed by atoms with Crippen molar-refractivity contribution in [2.24, 2.45) is 0 Å². The van der Waals surface area contributed by atoms with Gasteiger partial charge in [-0.3, -0.25) is 0 Å². The highest BCUT2D eigenvalue weighted by molar-refractivity contribution is 6.19. The zero-order chi connectivity index (χ0) is 13.3. The summed E-state index contributed by atoms with van der Waals surface area (Å²) in [6, 6.07) is 0. The number of hydrogen-bond acceptors (Lipinski definition) is 7. The summed E-state index contributed by atoms with van der Waals surface area (Å²) in [5, 5.41) is 9.00. The van der Waals surface area contributed by atoms with E-state index in [-0.39, 0.29) is 13.2 Å². The molecule has 1 atom stereocenters. The normalized spacial score (nSPS) is 12.0. The van der Waals surface area contributed by atoms with Gasteiger partial charge in [0, 0.05) is 13.1 Å². The number of halogens is 1. The molecule has 9 heteroatoms. The van der Waals surface area contributed by atoms with E-state index < -0.39 is 16.8 Å². The topological polar surface area (TPSA) is 91.1 Å². The van der Waals surface area contributed by atoms with E-state index in [2.05, 4.69) is 14.3 Å². The Morgan fingerprint density at radius 3 is 2.59 bits per heavy atom. The van der Waals surface area contributed by atoms with Crippen molar-refractivity contribution in [2.75, 3.05) is 33.4 Å². The minimum absolute atomic E-state index is 0.0351. The summed E-state index contributed by atoms with van der Waals surface area (Å²) in [6.07, 6.45) is -0.845. The van der Waals surface area contributed by atoms with Crippen LogP contribution in [0.1, 0.15) is 6.92 Å². The molecule has 0 bridgehead atoms. The molecule has 0 aliphatic rings. The maximum atomic E-state index is 10.9. The molecule has 0 aliphatic carbocycles. The Morgan fingerprint density at radius 2 is 2.06 bits per heavy atom. The lowest BCUT2D eigenvalue weighted by Crippen LogP contribution is -2.28. The van der Waals surface area contributed by atoms with Crippen molar-refractivity contribution in [3.8, 4) is 0 Å². The lowest BCUT2D eigenvalue weighted by atomic mass is 10.5. The molecule has 0 aliphatic heterocycles. The fourth-order valence-corrected chi connectivity index (χ4v) is 0.907. The van der Waals surface area contributed by atoms with E-state index >= 15 is 0 Å². The molecule has 0 heterocycles. The van der Waals surface area contributed by atoms with Crippen LogP contribution >= 0.6 is 11.6 Å². The Hall–Kier alpha value is -1.28. The third-order valence-electron chi connectivity index (χ3n) is 1.62. The van der Waals surface area contributed by atoms with E-state index in [4.69, 9.17) is 11.6 Å². The second kappa shape index (κ2) is 8.82. The zero-order valence-corrected chi connectivity index (χ0v) is 10.4. The summed E-state index contributed by atoms with van der Waals surface area (Å²) in [5.41, 5.74) is -0.742. The smallest absolute Gasteiger partial charge is 0.433 e. The summed E-state index contributed by atoms with van der Waals surface area (Å²) in [7, 11) is 1.71. The van der Waals surface area contributed by atoms with Gasteiger partial charge in [0.25, 0.3) is 5.09 Å². The maximum absolute atomic E-state index is 10.9. The van der Waals surface area contributed by atoms with E-state index in [1.807, 2.05) is 0 Å². The van der Waals surface area contributed by atoms with Gasteiger partial charge < -0.3 is 19.2 Å². The molecule has 0 saturated carbocycles. The van der Waals surface area contributed by atoms with Gasteiger partial charge in [-0.25, -0.2) is 4.79 Å². The molecular weight excluding hydrogens is 256 g/mol. The highest BCUT2D eigenvalue weighted by Crippen LogP contribution is 1.98. The van der Waals surface area contributed by atoms with Gasteiger partial charge >= 0.3 is 6.16 Å². The number of nitrogens with zero attached hydrogens (tertiary/aromatic N) is 2. The van der Waals surface area contributed by atoms with Crippen LogP contribution < -0.4 is 0 Å². The average molecular weight is 271 g/mol. The van der Waals surface area contributed by atoms with Crippen molar-refractivity contribution in [1.29, 1.82) is 0 Å². The van der Waals surface area contributed by atoms with Gasteiger partial charge in [-0.05, 0) is 14.0 Å². The van der Waals surface area contributed by atoms with Crippen LogP contribution in [0.15, 0.2) is 0 Å². The summed E-state index contributed by atoms with van der Waals surface area (Å²) >= 11 is 5.40. The molecule has 0 radical (unpaired) electrons. The molecule has 0 rings (SSSR count). The van der Waals surface area contributed by atoms with E-state index in [1.165, 1.54) is 6.92 Å². The van der Waals surface area contributed by atoms with Crippen LogP contribution in [0.2, 0.25) is 0 Å². The van der Waals surface area contributed by atoms with Gasteiger partial charge in [0.1, 0.15) is 13.2 Å². The van der Waals surface area contributed by atoms with Crippen molar-refractivity contribution in [3.63, 3.8) is 0 Å². The number of carbonyl (C=O) groups excluding carboxylic acids is 1. The Morgan fingerprint density at radius 1 is 1.47 bits per heavy atom. The predicted octanol–water partition coefficient (Wildman–Crippen LogP) is 0.865. The quantitative estimate of drug-likeness (QED) is 0.280. The zero-order valence-electron chi connectivity index (χ0n) is 9.63. The first-order chi connectivity index (χ1) is 7.91. The molecule has 100 valence electrons. The van der Waals surface area contributed by atoms with Crippen LogP contribution in [0, 0.1) is 10.1 Å². The Labute approximate surface area is 103 Å². The largest absolute Gasteiger partial charge is 0.509 e. The fourth-order valence-electron chi connectivity index (χ4n) is 0.834. The molecule has 0 aromatic heterocycles. The number of ether oxygens (including phenoxy) is 2. The maximum Gasteiger partial charge on any atom is 0.509 e. The highest BCUT2D eigenvalue weighted by Gasteiger charge is 2.08. The van der Waals surface area contributed by atoms with Gasteiger partial charge in [-0.15, -0.1) is 10.1 Å². The Kier molecular flexibility index (Phi) is 8.16. The number of alkyl halides is 1. The average Bonchev–Trinajstić information content (AvgIpc) is 2.15. The summed E-state index contributed by atoms with van der Waals surface area (Å²) in [6.45, 7) is 2.33. The molecule has 0 saturated heterocycles. The Balaban J connectivity index is 3.47. The minimum Gasteiger partial charge on any atom is -0.433 e. The van der Waals surface area contributed by atoms with Crippen molar-refractivity contribution >= 4 is 17.8 Å². The fraction of sp³-hybridized carbons (Fsp3) is 0.875. The van der Waals surface area contributed by atoms with E-state index in [0.29, 0.717) is 13.1 Å². The van der Waals surface area contributed by atoms with E-state index in [0.717, 1.165) is 0 Å². The second-order valence-electron chi connectivity index (χ2n) is 3.12. The van der Waals surface area contributed by atoms with Crippen molar-refractivity contribution < 1.29 is 24.2 Å². The van der Waals surface area contributed by atoms with Crippen molar-refractivity contribution in [2.45, 2.75) is 12.5 Å². The van der Waals surface area contributed by atoms with E-state index in [9.17, 15) is 14.9 Å². The minimum atomic E-state index is -0.858. The summed E-state index contributed by atoms with van der Waals surface area (Å²) < 4.78 is 9.21. The van der Waals surface area contributed by atoms with Gasteiger partial charge in [-0.1, -0.05) is 11.6 Å². The van der Waals surface area contributed by atoms with Crippen LogP contribution in [0.5, 0.6) is 0 Å². The molecule has 0 aromatic carbocycles. The van der Waals surface area contributed by atoms with Crippen molar-refractivity contribution in [1.82, 2.24) is 4.90 Å². The van der Waals surface area contributed by atoms with Crippen LogP contribution in [-0.4, -0.2) is 55.1 Å². The standard InChI is InChI=1S/C8H15ClN2O6/c1-7(9)17-8(12)15-5-3-10(2)4-6-16-11(13)14/h7H,3-6H2,1-2H3. The predicted molar refractivity (Wildman–Crippen MR) is 58.2 cm³/mol. The third-order valence-corrected chi connectivity index (χ3v) is 1.71. The lowest BCUT2D eigenvalue weighted by molar-refractivity contribution is -0.757. The Bertz CT molecular complexity index is 250. The summed E-state index contributed by atoms with van der Waals surface area (Å²) in [4.78, 5) is 26.6. The molecule has 0 N–H and O–H groups in total. The number of rotatable bonds is 8. The van der Waals surface area contributed by atoms with Gasteiger partial charge in [0.15, 0.2) is 5.56 Å². The highest BCUT2D eigenvalue weighted by atomic mass is 35.5. The number of hydrogen-bond donors (Lipinski definition) is 0. The van der Waals surface area contributed by atoms with Crippen molar-refractivity contribution in [3.05, 3.63) is 10.1 Å². The van der Waals surface area contributed by atoms with Crippen LogP contribution in [0.4, 0.5) is 4.79 Å². The van der Waals surface area contributed by atoms with Crippen LogP contribution in [-0.2, 0) is 14.3 Å². The third kappa shape index (κ3) is 11.0. The second-order valence-corrected chi connectivity index (χ2v) is 3.73. The molecule has 0 fully saturated rings. The first-order valence-electron chi connectivity index (χ1n) is 4.85. The van der Waals surface area contributed by atoms with Gasteiger partial charge in [0.05, 0.1) is 0 Å². The molecule has 0 amide bonds. The molecule has 8 nitrogen and oxygen atoms in total. The van der Waals surface area contributed by atoms with Gasteiger partial charge in [-0.2, -0.15) is 0 Å². The molecule has 1 unspecified atom stereocenters. The first kappa shape index (κ1) is 15.7. The van der Waals surface area contributed by atoms with Crippen LogP contribution in [0.3, 0.4) is 0 Å². The first-order valence-corrected chi connectivity index (χ1v) is 5.28. The van der Waals surface area contributed by atoms with E-state index in [1.54, 1.807) is 11.9 Å². The monoisotopic (exact) mass is 270 g/mol. The SMILES string of the molecule is CC(Cl)OC(=O)OCCN(C)CCO[N+](=O)[O-]. The number of likely N-dealkylation sites (N-methyl/N-ethyl adjacent to an activating group) is 1. The molecule has 0 aromatic rings.